The van der Waals surface area contributed by atoms with Crippen LogP contribution in [0.25, 0.3) is 11.3 Å². The van der Waals surface area contributed by atoms with Crippen molar-refractivity contribution < 1.29 is 14.7 Å². The molecule has 1 aromatic carbocycles. The molecule has 0 aliphatic carbocycles. The number of pyridine rings is 1. The second kappa shape index (κ2) is 7.92. The Morgan fingerprint density at radius 3 is 2.40 bits per heavy atom. The Morgan fingerprint density at radius 1 is 1.12 bits per heavy atom. The minimum Gasteiger partial charge on any atom is -0.481 e. The molecule has 0 saturated carbocycles. The van der Waals surface area contributed by atoms with Crippen LogP contribution in [0.4, 0.5) is 0 Å². The van der Waals surface area contributed by atoms with E-state index >= 15 is 0 Å². The molecular weight excluding hydrogens is 316 g/mol. The van der Waals surface area contributed by atoms with E-state index in [4.69, 9.17) is 0 Å². The van der Waals surface area contributed by atoms with Crippen LogP contribution in [0.3, 0.4) is 0 Å². The van der Waals surface area contributed by atoms with Crippen molar-refractivity contribution in [1.82, 2.24) is 10.3 Å². The lowest BCUT2D eigenvalue weighted by Gasteiger charge is -2.31. The predicted molar refractivity (Wildman–Crippen MR) is 97.4 cm³/mol. The first kappa shape index (κ1) is 18.6. The Hall–Kier alpha value is -2.69. The van der Waals surface area contributed by atoms with Crippen molar-refractivity contribution in [3.63, 3.8) is 0 Å². The van der Waals surface area contributed by atoms with Crippen LogP contribution >= 0.6 is 0 Å². The smallest absolute Gasteiger partial charge is 0.305 e. The highest BCUT2D eigenvalue weighted by Crippen LogP contribution is 2.26. The van der Waals surface area contributed by atoms with Crippen molar-refractivity contribution in [3.8, 4) is 11.3 Å². The highest BCUT2D eigenvalue weighted by Gasteiger charge is 2.31. The molecule has 25 heavy (non-hydrogen) atoms. The number of carboxylic acids is 1. The summed E-state index contributed by atoms with van der Waals surface area (Å²) >= 11 is 0. The highest BCUT2D eigenvalue weighted by atomic mass is 16.4. The van der Waals surface area contributed by atoms with E-state index in [0.717, 1.165) is 16.8 Å². The summed E-state index contributed by atoms with van der Waals surface area (Å²) in [6.45, 7) is 5.67. The number of nitrogens with zero attached hydrogens (tertiary/aromatic N) is 1. The van der Waals surface area contributed by atoms with E-state index in [-0.39, 0.29) is 12.3 Å². The summed E-state index contributed by atoms with van der Waals surface area (Å²) in [5.41, 5.74) is 2.33. The maximum atomic E-state index is 12.8. The molecular formula is C20H24N2O3. The first-order valence-corrected chi connectivity index (χ1v) is 8.47. The first-order chi connectivity index (χ1) is 11.9. The largest absolute Gasteiger partial charge is 0.481 e. The van der Waals surface area contributed by atoms with Gasteiger partial charge in [-0.25, -0.2) is 0 Å². The molecule has 0 saturated heterocycles. The standard InChI is InChI=1S/C20H24N2O3/c1-4-20(5-2,13-18(23)24)22-19(25)16-10-8-9-15(14(16)3)17-11-6-7-12-21-17/h6-12H,4-5,13H2,1-3H3,(H,22,25)(H,23,24). The van der Waals surface area contributed by atoms with Crippen LogP contribution in [-0.4, -0.2) is 27.5 Å². The minimum absolute atomic E-state index is 0.0925. The third-order valence-corrected chi connectivity index (χ3v) is 4.74. The number of aliphatic carboxylic acids is 1. The monoisotopic (exact) mass is 340 g/mol. The molecule has 2 N–H and O–H groups in total. The average Bonchev–Trinajstić information content (AvgIpc) is 2.61. The molecule has 0 bridgehead atoms. The molecule has 0 aliphatic heterocycles. The van der Waals surface area contributed by atoms with Gasteiger partial charge in [-0.15, -0.1) is 0 Å². The molecule has 1 heterocycles. The second-order valence-electron chi connectivity index (χ2n) is 6.21. The number of benzene rings is 1. The highest BCUT2D eigenvalue weighted by molar-refractivity contribution is 5.98. The van der Waals surface area contributed by atoms with Crippen LogP contribution in [-0.2, 0) is 4.79 Å². The van der Waals surface area contributed by atoms with Crippen LogP contribution in [0.2, 0.25) is 0 Å². The first-order valence-electron chi connectivity index (χ1n) is 8.47. The van der Waals surface area contributed by atoms with Crippen LogP contribution in [0.1, 0.15) is 49.0 Å². The van der Waals surface area contributed by atoms with Gasteiger partial charge < -0.3 is 10.4 Å². The van der Waals surface area contributed by atoms with E-state index < -0.39 is 11.5 Å². The van der Waals surface area contributed by atoms with Crippen molar-refractivity contribution in [2.24, 2.45) is 0 Å². The number of amides is 1. The summed E-state index contributed by atoms with van der Waals surface area (Å²) < 4.78 is 0. The Balaban J connectivity index is 2.35. The lowest BCUT2D eigenvalue weighted by atomic mass is 9.88. The van der Waals surface area contributed by atoms with Gasteiger partial charge in [-0.1, -0.05) is 32.0 Å². The molecule has 132 valence electrons. The SMILES string of the molecule is CCC(CC)(CC(=O)O)NC(=O)c1cccc(-c2ccccn2)c1C. The topological polar surface area (TPSA) is 79.3 Å². The number of carbonyl (C=O) groups is 2. The lowest BCUT2D eigenvalue weighted by Crippen LogP contribution is -2.49. The van der Waals surface area contributed by atoms with Gasteiger partial charge in [-0.3, -0.25) is 14.6 Å². The van der Waals surface area contributed by atoms with Gasteiger partial charge >= 0.3 is 5.97 Å². The number of rotatable bonds is 7. The summed E-state index contributed by atoms with van der Waals surface area (Å²) in [6, 6.07) is 11.2. The van der Waals surface area contributed by atoms with E-state index in [9.17, 15) is 14.7 Å². The molecule has 0 atom stereocenters. The summed E-state index contributed by atoms with van der Waals surface area (Å²) in [5.74, 6) is -1.16. The van der Waals surface area contributed by atoms with E-state index in [1.165, 1.54) is 0 Å². The maximum Gasteiger partial charge on any atom is 0.305 e. The van der Waals surface area contributed by atoms with Gasteiger partial charge in [0.15, 0.2) is 0 Å². The summed E-state index contributed by atoms with van der Waals surface area (Å²) in [4.78, 5) is 28.4. The number of aromatic nitrogens is 1. The lowest BCUT2D eigenvalue weighted by molar-refractivity contribution is -0.138. The summed E-state index contributed by atoms with van der Waals surface area (Å²) in [6.07, 6.45) is 2.74. The fourth-order valence-electron chi connectivity index (χ4n) is 3.00. The average molecular weight is 340 g/mol. The van der Waals surface area contributed by atoms with E-state index in [2.05, 4.69) is 10.3 Å². The number of carbonyl (C=O) groups excluding carboxylic acids is 1. The van der Waals surface area contributed by atoms with Crippen molar-refractivity contribution in [2.45, 2.75) is 45.6 Å². The zero-order valence-electron chi connectivity index (χ0n) is 14.9. The Labute approximate surface area is 148 Å². The summed E-state index contributed by atoms with van der Waals surface area (Å²) in [7, 11) is 0. The molecule has 1 amide bonds. The molecule has 0 spiro atoms. The number of nitrogens with one attached hydrogen (secondary N) is 1. The van der Waals surface area contributed by atoms with Gasteiger partial charge in [-0.2, -0.15) is 0 Å². The Morgan fingerprint density at radius 2 is 1.84 bits per heavy atom. The van der Waals surface area contributed by atoms with Gasteiger partial charge in [0.05, 0.1) is 17.7 Å². The maximum absolute atomic E-state index is 12.8. The fraction of sp³-hybridized carbons (Fsp3) is 0.350. The van der Waals surface area contributed by atoms with Gasteiger partial charge in [0.1, 0.15) is 0 Å². The number of hydrogen-bond acceptors (Lipinski definition) is 3. The molecule has 0 fully saturated rings. The second-order valence-corrected chi connectivity index (χ2v) is 6.21. The third kappa shape index (κ3) is 4.24. The van der Waals surface area contributed by atoms with Crippen molar-refractivity contribution in [3.05, 3.63) is 53.7 Å². The molecule has 0 unspecified atom stereocenters. The zero-order valence-corrected chi connectivity index (χ0v) is 14.9. The predicted octanol–water partition coefficient (Wildman–Crippen LogP) is 3.82. The minimum atomic E-state index is -0.914. The van der Waals surface area contributed by atoms with Crippen molar-refractivity contribution in [1.29, 1.82) is 0 Å². The molecule has 5 heteroatoms. The van der Waals surface area contributed by atoms with Crippen molar-refractivity contribution >= 4 is 11.9 Å². The number of carboxylic acid groups (broad SMARTS) is 1. The Bertz CT molecular complexity index is 753. The molecule has 0 aliphatic rings. The molecule has 5 nitrogen and oxygen atoms in total. The van der Waals surface area contributed by atoms with E-state index in [1.807, 2.05) is 51.1 Å². The Kier molecular flexibility index (Phi) is 5.91. The fourth-order valence-corrected chi connectivity index (χ4v) is 3.00. The molecule has 1 aromatic heterocycles. The molecule has 0 radical (unpaired) electrons. The van der Waals surface area contributed by atoms with Crippen molar-refractivity contribution in [2.75, 3.05) is 0 Å². The van der Waals surface area contributed by atoms with Crippen LogP contribution in [0.5, 0.6) is 0 Å². The van der Waals surface area contributed by atoms with Gasteiger partial charge in [-0.05, 0) is 43.5 Å². The van der Waals surface area contributed by atoms with Crippen LogP contribution in [0, 0.1) is 6.92 Å². The van der Waals surface area contributed by atoms with Crippen LogP contribution < -0.4 is 5.32 Å². The molecule has 2 aromatic rings. The quantitative estimate of drug-likeness (QED) is 0.803. The van der Waals surface area contributed by atoms with Gasteiger partial charge in [0.2, 0.25) is 0 Å². The van der Waals surface area contributed by atoms with Gasteiger partial charge in [0, 0.05) is 17.3 Å². The van der Waals surface area contributed by atoms with E-state index in [1.54, 1.807) is 12.3 Å². The molecule has 2 rings (SSSR count). The normalized spacial score (nSPS) is 11.2. The zero-order chi connectivity index (χ0) is 18.4. The van der Waals surface area contributed by atoms with E-state index in [0.29, 0.717) is 18.4 Å². The van der Waals surface area contributed by atoms with Crippen LogP contribution in [0.15, 0.2) is 42.6 Å². The summed E-state index contributed by atoms with van der Waals surface area (Å²) in [5, 5.41) is 12.1. The number of hydrogen-bond donors (Lipinski definition) is 2. The third-order valence-electron chi connectivity index (χ3n) is 4.74. The van der Waals surface area contributed by atoms with Gasteiger partial charge in [0.25, 0.3) is 5.91 Å².